The highest BCUT2D eigenvalue weighted by Crippen LogP contribution is 2.15. The Kier molecular flexibility index (Phi) is 12.9. The Balaban J connectivity index is 3.16. The summed E-state index contributed by atoms with van der Waals surface area (Å²) in [6, 6.07) is 4.09. The largest absolute Gasteiger partial charge is 0.480 e. The molecule has 1 aromatic rings. The zero-order valence-corrected chi connectivity index (χ0v) is 19.0. The predicted octanol–water partition coefficient (Wildman–Crippen LogP) is 0.195. The van der Waals surface area contributed by atoms with Crippen LogP contribution < -0.4 is 11.1 Å². The normalized spacial score (nSPS) is 13.6. The van der Waals surface area contributed by atoms with Crippen LogP contribution >= 0.6 is 0 Å². The van der Waals surface area contributed by atoms with E-state index in [1.807, 2.05) is 0 Å². The minimum atomic E-state index is -1.59. The second kappa shape index (κ2) is 15.1. The van der Waals surface area contributed by atoms with E-state index in [9.17, 15) is 29.4 Å². The van der Waals surface area contributed by atoms with Gasteiger partial charge in [-0.15, -0.1) is 0 Å². The lowest BCUT2D eigenvalue weighted by Gasteiger charge is -2.31. The number of aliphatic carboxylic acids is 1. The summed E-state index contributed by atoms with van der Waals surface area (Å²) in [7, 11) is 0. The number of nitrogens with one attached hydrogen (secondary N) is 1. The number of carboxylic acids is 1. The highest BCUT2D eigenvalue weighted by molar-refractivity contribution is 6.02. The summed E-state index contributed by atoms with van der Waals surface area (Å²) >= 11 is 0. The molecule has 0 bridgehead atoms. The van der Waals surface area contributed by atoms with Gasteiger partial charge in [-0.1, -0.05) is 62.9 Å². The summed E-state index contributed by atoms with van der Waals surface area (Å²) < 4.78 is 0. The van der Waals surface area contributed by atoms with E-state index in [-0.39, 0.29) is 12.8 Å². The van der Waals surface area contributed by atoms with Crippen molar-refractivity contribution >= 4 is 23.7 Å². The lowest BCUT2D eigenvalue weighted by molar-refractivity contribution is -0.160. The number of carboxylic acid groups (broad SMARTS) is 1. The van der Waals surface area contributed by atoms with Crippen molar-refractivity contribution in [3.8, 4) is 0 Å². The van der Waals surface area contributed by atoms with Gasteiger partial charge in [0, 0.05) is 12.8 Å². The van der Waals surface area contributed by atoms with Crippen LogP contribution in [0.1, 0.15) is 51.0 Å². The summed E-state index contributed by atoms with van der Waals surface area (Å²) in [5.41, 5.74) is 6.04. The number of rotatable bonds is 15. The number of carbonyl (C=O) groups is 4. The predicted molar refractivity (Wildman–Crippen MR) is 121 cm³/mol. The van der Waals surface area contributed by atoms with Gasteiger partial charge in [0.15, 0.2) is 0 Å². The van der Waals surface area contributed by atoms with Crippen molar-refractivity contribution in [3.63, 3.8) is 0 Å². The van der Waals surface area contributed by atoms with E-state index in [1.54, 1.807) is 30.3 Å². The monoisotopic (exact) mass is 465 g/mol. The molecule has 0 saturated carbocycles. The van der Waals surface area contributed by atoms with Crippen LogP contribution in [0.5, 0.6) is 0 Å². The molecule has 6 N–H and O–H groups in total. The minimum Gasteiger partial charge on any atom is -0.480 e. The van der Waals surface area contributed by atoms with Gasteiger partial charge in [-0.2, -0.15) is 0 Å². The first-order valence-electron chi connectivity index (χ1n) is 11.2. The van der Waals surface area contributed by atoms with Crippen molar-refractivity contribution < 1.29 is 34.5 Å². The first-order valence-corrected chi connectivity index (χ1v) is 11.2. The fourth-order valence-electron chi connectivity index (χ4n) is 3.29. The second-order valence-corrected chi connectivity index (χ2v) is 7.84. The fourth-order valence-corrected chi connectivity index (χ4v) is 3.29. The van der Waals surface area contributed by atoms with Gasteiger partial charge in [0.05, 0.1) is 13.2 Å². The van der Waals surface area contributed by atoms with E-state index in [0.717, 1.165) is 25.7 Å². The molecule has 0 heterocycles. The number of amides is 3. The van der Waals surface area contributed by atoms with Crippen LogP contribution in [0.2, 0.25) is 0 Å². The Bertz CT molecular complexity index is 773. The molecule has 0 saturated heterocycles. The highest BCUT2D eigenvalue weighted by atomic mass is 16.4. The zero-order valence-electron chi connectivity index (χ0n) is 19.0. The van der Waals surface area contributed by atoms with E-state index < -0.39 is 55.0 Å². The van der Waals surface area contributed by atoms with E-state index in [4.69, 9.17) is 10.8 Å². The topological polar surface area (TPSA) is 170 Å². The van der Waals surface area contributed by atoms with Gasteiger partial charge in [-0.3, -0.25) is 19.3 Å². The molecule has 0 aromatic heterocycles. The van der Waals surface area contributed by atoms with Crippen LogP contribution in [0.3, 0.4) is 0 Å². The number of carbonyl (C=O) groups excluding carboxylic acids is 3. The molecular formula is C23H35N3O7. The zero-order chi connectivity index (χ0) is 24.8. The van der Waals surface area contributed by atoms with E-state index in [1.165, 1.54) is 0 Å². The van der Waals surface area contributed by atoms with Gasteiger partial charge in [-0.05, 0) is 12.0 Å². The van der Waals surface area contributed by atoms with Crippen LogP contribution in [-0.2, 0) is 25.6 Å². The van der Waals surface area contributed by atoms with Crippen LogP contribution in [0.4, 0.5) is 0 Å². The molecule has 0 aliphatic rings. The Hall–Kier alpha value is -2.82. The summed E-state index contributed by atoms with van der Waals surface area (Å²) in [4.78, 5) is 51.0. The summed E-state index contributed by atoms with van der Waals surface area (Å²) in [6.45, 7) is 0.490. The van der Waals surface area contributed by atoms with Gasteiger partial charge in [0.1, 0.15) is 18.1 Å². The Morgan fingerprint density at radius 1 is 1.00 bits per heavy atom. The number of nitrogens with zero attached hydrogens (tertiary/aromatic N) is 1. The third-order valence-electron chi connectivity index (χ3n) is 5.20. The van der Waals surface area contributed by atoms with Crippen molar-refractivity contribution in [2.24, 2.45) is 5.73 Å². The number of unbranched alkanes of at least 4 members (excludes halogenated alkanes) is 4. The molecule has 184 valence electrons. The van der Waals surface area contributed by atoms with Gasteiger partial charge in [-0.25, -0.2) is 4.79 Å². The number of imide groups is 1. The first kappa shape index (κ1) is 28.2. The molecule has 0 aliphatic carbocycles. The third kappa shape index (κ3) is 9.29. The van der Waals surface area contributed by atoms with Crippen molar-refractivity contribution in [2.45, 2.75) is 70.0 Å². The number of aliphatic hydroxyl groups excluding tert-OH is 2. The average molecular weight is 466 g/mol. The number of hydrogen-bond donors (Lipinski definition) is 5. The summed E-state index contributed by atoms with van der Waals surface area (Å²) in [5.74, 6) is -4.04. The highest BCUT2D eigenvalue weighted by Gasteiger charge is 2.38. The van der Waals surface area contributed by atoms with Crippen LogP contribution in [0.15, 0.2) is 30.3 Å². The smallest absolute Gasteiger partial charge is 0.327 e. The Labute approximate surface area is 193 Å². The Morgan fingerprint density at radius 3 is 2.18 bits per heavy atom. The van der Waals surface area contributed by atoms with Crippen molar-refractivity contribution in [1.29, 1.82) is 0 Å². The van der Waals surface area contributed by atoms with Crippen LogP contribution in [0, 0.1) is 0 Å². The third-order valence-corrected chi connectivity index (χ3v) is 5.20. The number of benzene rings is 1. The molecule has 0 spiro atoms. The minimum absolute atomic E-state index is 0.0454. The van der Waals surface area contributed by atoms with Gasteiger partial charge < -0.3 is 26.4 Å². The number of aliphatic hydroxyl groups is 2. The molecule has 33 heavy (non-hydrogen) atoms. The molecule has 1 aromatic carbocycles. The van der Waals surface area contributed by atoms with E-state index >= 15 is 0 Å². The van der Waals surface area contributed by atoms with Gasteiger partial charge >= 0.3 is 5.97 Å². The fraction of sp³-hybridized carbons (Fsp3) is 0.565. The van der Waals surface area contributed by atoms with Gasteiger partial charge in [0.25, 0.3) is 5.91 Å². The lowest BCUT2D eigenvalue weighted by atomic mass is 10.0. The first-order chi connectivity index (χ1) is 15.8. The number of nitrogens with two attached hydrogens (primary N) is 1. The van der Waals surface area contributed by atoms with Gasteiger partial charge in [0.2, 0.25) is 11.8 Å². The maximum absolute atomic E-state index is 13.2. The lowest BCUT2D eigenvalue weighted by Crippen LogP contribution is -2.59. The molecule has 3 amide bonds. The SMILES string of the molecule is CCCCCCCC(=O)N(C(=O)[C@H](CO)NC(=O)[C@@H](N)CO)[C@@H](Cc1ccccc1)C(=O)O. The number of hydrogen-bond acceptors (Lipinski definition) is 7. The maximum atomic E-state index is 13.2. The molecule has 10 nitrogen and oxygen atoms in total. The molecule has 0 radical (unpaired) electrons. The Morgan fingerprint density at radius 2 is 1.64 bits per heavy atom. The molecule has 0 aliphatic heterocycles. The van der Waals surface area contributed by atoms with Crippen molar-refractivity contribution in [2.75, 3.05) is 13.2 Å². The van der Waals surface area contributed by atoms with E-state index in [0.29, 0.717) is 16.9 Å². The quantitative estimate of drug-likeness (QED) is 0.229. The summed E-state index contributed by atoms with van der Waals surface area (Å²) in [5, 5.41) is 30.8. The molecule has 0 unspecified atom stereocenters. The second-order valence-electron chi connectivity index (χ2n) is 7.84. The van der Waals surface area contributed by atoms with Crippen molar-refractivity contribution in [1.82, 2.24) is 10.2 Å². The maximum Gasteiger partial charge on any atom is 0.327 e. The van der Waals surface area contributed by atoms with Crippen LogP contribution in [-0.4, -0.2) is 75.2 Å². The molecule has 0 fully saturated rings. The standard InChI is InChI=1S/C23H35N3O7/c1-2-3-4-5-9-12-20(29)26(19(23(32)33)13-16-10-7-6-8-11-16)22(31)18(15-28)25-21(30)17(24)14-27/h6-8,10-11,17-19,27-28H,2-5,9,12-15,24H2,1H3,(H,25,30)(H,32,33)/t17-,18-,19-/m0/s1. The van der Waals surface area contributed by atoms with Crippen molar-refractivity contribution in [3.05, 3.63) is 35.9 Å². The molecule has 10 heteroatoms. The van der Waals surface area contributed by atoms with Crippen LogP contribution in [0.25, 0.3) is 0 Å². The van der Waals surface area contributed by atoms with E-state index in [2.05, 4.69) is 12.2 Å². The molecule has 3 atom stereocenters. The average Bonchev–Trinajstić information content (AvgIpc) is 2.81. The summed E-state index contributed by atoms with van der Waals surface area (Å²) in [6.07, 6.45) is 3.99. The molecule has 1 rings (SSSR count). The molecular weight excluding hydrogens is 430 g/mol.